The minimum Gasteiger partial charge on any atom is -0.392 e. The van der Waals surface area contributed by atoms with Crippen molar-refractivity contribution in [2.75, 3.05) is 11.1 Å². The van der Waals surface area contributed by atoms with E-state index >= 15 is 0 Å². The Kier molecular flexibility index (Phi) is 11.1. The molecule has 3 aromatic rings. The summed E-state index contributed by atoms with van der Waals surface area (Å²) < 4.78 is 14.7. The number of aliphatic hydroxyl groups excluding tert-OH is 1. The molecule has 11 nitrogen and oxygen atoms in total. The van der Waals surface area contributed by atoms with Gasteiger partial charge < -0.3 is 24.5 Å². The molecular formula is C28H35N5O6S. The minimum absolute atomic E-state index is 0.0200. The van der Waals surface area contributed by atoms with Gasteiger partial charge in [-0.2, -0.15) is 0 Å². The van der Waals surface area contributed by atoms with Crippen molar-refractivity contribution in [1.29, 1.82) is 0 Å². The lowest BCUT2D eigenvalue weighted by Crippen LogP contribution is -2.31. The Morgan fingerprint density at radius 1 is 1.05 bits per heavy atom. The summed E-state index contributed by atoms with van der Waals surface area (Å²) in [7, 11) is 1.90. The maximum atomic E-state index is 12.5. The smallest absolute Gasteiger partial charge is 0.243 e. The number of nitrogens with zero attached hydrogens (tertiary/aromatic N) is 3. The fourth-order valence-corrected chi connectivity index (χ4v) is 5.29. The number of thioether (sulfide) groups is 1. The number of unbranched alkanes of at least 4 members (excludes halogenated alkanes) is 2. The molecule has 1 fully saturated rings. The molecule has 12 heteroatoms. The number of hydrogen-bond donors (Lipinski definition) is 4. The first-order chi connectivity index (χ1) is 19.4. The number of aromatic nitrogens is 3. The number of rotatable bonds is 13. The number of anilines is 1. The van der Waals surface area contributed by atoms with Crippen LogP contribution in [-0.2, 0) is 32.7 Å². The zero-order chi connectivity index (χ0) is 28.3. The molecule has 1 aliphatic rings. The van der Waals surface area contributed by atoms with Crippen LogP contribution in [-0.4, -0.2) is 48.7 Å². The van der Waals surface area contributed by atoms with Crippen molar-refractivity contribution >= 4 is 29.3 Å². The van der Waals surface area contributed by atoms with E-state index in [-0.39, 0.29) is 31.1 Å². The van der Waals surface area contributed by atoms with E-state index in [4.69, 9.17) is 14.7 Å². The molecule has 3 atom stereocenters. The molecule has 214 valence electrons. The summed E-state index contributed by atoms with van der Waals surface area (Å²) in [5.41, 5.74) is 4.88. The summed E-state index contributed by atoms with van der Waals surface area (Å²) in [5.74, 6) is 0.120. The summed E-state index contributed by atoms with van der Waals surface area (Å²) in [6.07, 6.45) is 3.83. The summed E-state index contributed by atoms with van der Waals surface area (Å²) >= 11 is 1.57. The van der Waals surface area contributed by atoms with Crippen LogP contribution in [0.15, 0.2) is 60.0 Å². The minimum atomic E-state index is -0.643. The van der Waals surface area contributed by atoms with Gasteiger partial charge in [-0.25, -0.2) is 5.48 Å². The van der Waals surface area contributed by atoms with E-state index in [1.807, 2.05) is 60.1 Å². The molecule has 0 saturated carbocycles. The quantitative estimate of drug-likeness (QED) is 0.104. The van der Waals surface area contributed by atoms with Gasteiger partial charge in [-0.1, -0.05) is 54.6 Å². The second kappa shape index (κ2) is 14.9. The number of ether oxygens (including phenoxy) is 2. The maximum Gasteiger partial charge on any atom is 0.243 e. The van der Waals surface area contributed by atoms with Crippen LogP contribution in [0.1, 0.15) is 67.6 Å². The second-order valence-electron chi connectivity index (χ2n) is 9.65. The van der Waals surface area contributed by atoms with Gasteiger partial charge in [0.15, 0.2) is 11.4 Å². The molecule has 40 heavy (non-hydrogen) atoms. The summed E-state index contributed by atoms with van der Waals surface area (Å²) in [4.78, 5) is 23.6. The van der Waals surface area contributed by atoms with Crippen LogP contribution in [0.4, 0.5) is 5.69 Å². The molecule has 2 heterocycles. The van der Waals surface area contributed by atoms with Crippen LogP contribution in [0.25, 0.3) is 0 Å². The Bertz CT molecular complexity index is 1250. The van der Waals surface area contributed by atoms with Gasteiger partial charge in [-0.3, -0.25) is 14.8 Å². The lowest BCUT2D eigenvalue weighted by Gasteiger charge is -2.36. The Morgan fingerprint density at radius 2 is 1.82 bits per heavy atom. The van der Waals surface area contributed by atoms with Crippen LogP contribution in [0, 0.1) is 0 Å². The van der Waals surface area contributed by atoms with Gasteiger partial charge in [0.1, 0.15) is 6.33 Å². The van der Waals surface area contributed by atoms with E-state index in [1.165, 1.54) is 0 Å². The normalized spacial score (nSPS) is 18.8. The molecule has 0 spiro atoms. The predicted octanol–water partition coefficient (Wildman–Crippen LogP) is 4.04. The SMILES string of the molecule is Cn1cnnc1SC[C@H]1C[C@@H](c2ccc(CO)cc2)O[C@@H](c2cccc(NC(=O)CCCCCC(=O)NO)c2)O1. The van der Waals surface area contributed by atoms with Crippen LogP contribution in [0.5, 0.6) is 0 Å². The van der Waals surface area contributed by atoms with Gasteiger partial charge in [0, 0.05) is 43.3 Å². The highest BCUT2D eigenvalue weighted by atomic mass is 32.2. The predicted molar refractivity (Wildman–Crippen MR) is 148 cm³/mol. The lowest BCUT2D eigenvalue weighted by molar-refractivity contribution is -0.245. The number of carbonyl (C=O) groups excluding carboxylic acids is 2. The molecular weight excluding hydrogens is 534 g/mol. The first kappa shape index (κ1) is 29.7. The van der Waals surface area contributed by atoms with Crippen LogP contribution >= 0.6 is 11.8 Å². The largest absolute Gasteiger partial charge is 0.392 e. The second-order valence-corrected chi connectivity index (χ2v) is 10.6. The highest BCUT2D eigenvalue weighted by Crippen LogP contribution is 2.39. The van der Waals surface area contributed by atoms with Gasteiger partial charge in [0.05, 0.1) is 18.8 Å². The average Bonchev–Trinajstić information content (AvgIpc) is 3.40. The number of nitrogens with one attached hydrogen (secondary N) is 2. The maximum absolute atomic E-state index is 12.5. The van der Waals surface area contributed by atoms with E-state index in [9.17, 15) is 14.7 Å². The van der Waals surface area contributed by atoms with Gasteiger partial charge in [-0.05, 0) is 36.1 Å². The molecule has 2 aromatic carbocycles. The Balaban J connectivity index is 1.40. The van der Waals surface area contributed by atoms with Gasteiger partial charge in [-0.15, -0.1) is 10.2 Å². The van der Waals surface area contributed by atoms with Gasteiger partial charge in [0.25, 0.3) is 0 Å². The van der Waals surface area contributed by atoms with Crippen molar-refractivity contribution < 1.29 is 29.4 Å². The molecule has 0 aliphatic carbocycles. The zero-order valence-electron chi connectivity index (χ0n) is 22.4. The summed E-state index contributed by atoms with van der Waals surface area (Å²) in [5, 5.41) is 29.8. The number of aliphatic hydroxyl groups is 1. The number of hydroxylamine groups is 1. The van der Waals surface area contributed by atoms with E-state index in [0.29, 0.717) is 43.5 Å². The van der Waals surface area contributed by atoms with E-state index in [2.05, 4.69) is 15.5 Å². The van der Waals surface area contributed by atoms with Crippen molar-refractivity contribution in [2.45, 2.75) is 68.8 Å². The third kappa shape index (κ3) is 8.60. The van der Waals surface area contributed by atoms with Gasteiger partial charge >= 0.3 is 0 Å². The monoisotopic (exact) mass is 569 g/mol. The number of amides is 2. The van der Waals surface area contributed by atoms with Crippen molar-refractivity contribution in [3.8, 4) is 0 Å². The molecule has 0 radical (unpaired) electrons. The van der Waals surface area contributed by atoms with Crippen LogP contribution < -0.4 is 10.8 Å². The molecule has 1 aliphatic heterocycles. The molecule has 4 N–H and O–H groups in total. The Labute approximate surface area is 237 Å². The lowest BCUT2D eigenvalue weighted by atomic mass is 10.0. The highest BCUT2D eigenvalue weighted by Gasteiger charge is 2.32. The standard InChI is InChI=1S/C28H35N5O6S/c1-33-18-29-31-28(33)40-17-23-15-24(20-12-10-19(16-34)11-13-20)39-27(38-23)21-6-5-7-22(14-21)30-25(35)8-3-2-4-9-26(36)32-37/h5-7,10-14,18,23-24,27,34,37H,2-4,8-9,15-17H2,1H3,(H,30,35)(H,32,36)/t23-,24+,27+/m1/s1. The third-order valence-electron chi connectivity index (χ3n) is 6.56. The number of carbonyl (C=O) groups is 2. The number of hydrogen-bond acceptors (Lipinski definition) is 9. The topological polar surface area (TPSA) is 148 Å². The number of aryl methyl sites for hydroxylation is 1. The highest BCUT2D eigenvalue weighted by molar-refractivity contribution is 7.99. The van der Waals surface area contributed by atoms with Crippen LogP contribution in [0.3, 0.4) is 0 Å². The fourth-order valence-electron chi connectivity index (χ4n) is 4.38. The molecule has 1 saturated heterocycles. The summed E-state index contributed by atoms with van der Waals surface area (Å²) in [6.45, 7) is -0.0200. The van der Waals surface area contributed by atoms with E-state index < -0.39 is 12.2 Å². The molecule has 2 amide bonds. The Hall–Kier alpha value is -3.29. The summed E-state index contributed by atoms with van der Waals surface area (Å²) in [6, 6.07) is 15.2. The first-order valence-corrected chi connectivity index (χ1v) is 14.2. The fraction of sp³-hybridized carbons (Fsp3) is 0.429. The Morgan fingerprint density at radius 3 is 2.52 bits per heavy atom. The third-order valence-corrected chi connectivity index (χ3v) is 7.72. The van der Waals surface area contributed by atoms with Crippen molar-refractivity contribution in [2.24, 2.45) is 7.05 Å². The average molecular weight is 570 g/mol. The zero-order valence-corrected chi connectivity index (χ0v) is 23.2. The van der Waals surface area contributed by atoms with Gasteiger partial charge in [0.2, 0.25) is 11.8 Å². The van der Waals surface area contributed by atoms with Crippen molar-refractivity contribution in [3.05, 3.63) is 71.5 Å². The molecule has 4 rings (SSSR count). The molecule has 0 bridgehead atoms. The molecule has 1 aromatic heterocycles. The number of benzene rings is 2. The van der Waals surface area contributed by atoms with E-state index in [1.54, 1.807) is 23.6 Å². The first-order valence-electron chi connectivity index (χ1n) is 13.3. The van der Waals surface area contributed by atoms with Crippen molar-refractivity contribution in [3.63, 3.8) is 0 Å². The van der Waals surface area contributed by atoms with Crippen molar-refractivity contribution in [1.82, 2.24) is 20.2 Å². The van der Waals surface area contributed by atoms with E-state index in [0.717, 1.165) is 21.8 Å². The van der Waals surface area contributed by atoms with Crippen LogP contribution in [0.2, 0.25) is 0 Å². The molecule has 0 unspecified atom stereocenters.